The smallest absolute Gasteiger partial charge is 0.289 e. The molecule has 0 saturated heterocycles. The summed E-state index contributed by atoms with van der Waals surface area (Å²) in [6, 6.07) is 2.53. The minimum Gasteiger partial charge on any atom is -0.395 e. The first-order valence-electron chi connectivity index (χ1n) is 5.54. The van der Waals surface area contributed by atoms with Crippen LogP contribution in [0.4, 0.5) is 5.69 Å². The number of rotatable bonds is 5. The van der Waals surface area contributed by atoms with Gasteiger partial charge < -0.3 is 5.11 Å². The van der Waals surface area contributed by atoms with Crippen LogP contribution < -0.4 is 0 Å². The van der Waals surface area contributed by atoms with E-state index in [1.165, 1.54) is 19.2 Å². The molecule has 0 heterocycles. The molecule has 0 aliphatic carbocycles. The number of nitro groups is 1. The molecule has 0 aromatic heterocycles. The van der Waals surface area contributed by atoms with E-state index in [0.29, 0.717) is 11.1 Å². The van der Waals surface area contributed by atoms with Gasteiger partial charge in [0, 0.05) is 19.7 Å². The van der Waals surface area contributed by atoms with Gasteiger partial charge in [-0.3, -0.25) is 10.1 Å². The van der Waals surface area contributed by atoms with Crippen molar-refractivity contribution in [2.24, 2.45) is 0 Å². The van der Waals surface area contributed by atoms with E-state index in [1.807, 2.05) is 0 Å². The number of aliphatic hydroxyl groups excluding tert-OH is 1. The standard InChI is InChI=1S/C11H16N2O5S/c1-8-6-10(13(15)16)11(7-9(8)2)19(17,18)12(3)4-5-14/h6-7,14H,4-5H2,1-3H3. The Hall–Kier alpha value is -1.51. The number of hydrogen-bond acceptors (Lipinski definition) is 5. The lowest BCUT2D eigenvalue weighted by molar-refractivity contribution is -0.387. The van der Waals surface area contributed by atoms with Crippen LogP contribution in [0.1, 0.15) is 11.1 Å². The molecule has 0 bridgehead atoms. The van der Waals surface area contributed by atoms with Crippen LogP contribution in [-0.2, 0) is 10.0 Å². The maximum Gasteiger partial charge on any atom is 0.289 e. The van der Waals surface area contributed by atoms with Crippen molar-refractivity contribution in [3.8, 4) is 0 Å². The fourth-order valence-corrected chi connectivity index (χ4v) is 2.93. The lowest BCUT2D eigenvalue weighted by Crippen LogP contribution is -2.30. The lowest BCUT2D eigenvalue weighted by atomic mass is 10.1. The molecule has 1 aromatic carbocycles. The lowest BCUT2D eigenvalue weighted by Gasteiger charge is -2.16. The Bertz CT molecular complexity index is 597. The minimum atomic E-state index is -3.98. The van der Waals surface area contributed by atoms with Crippen molar-refractivity contribution in [2.45, 2.75) is 18.7 Å². The van der Waals surface area contributed by atoms with E-state index >= 15 is 0 Å². The molecule has 8 heteroatoms. The molecule has 0 aliphatic rings. The molecule has 0 saturated carbocycles. The van der Waals surface area contributed by atoms with Crippen molar-refractivity contribution in [1.82, 2.24) is 4.31 Å². The highest BCUT2D eigenvalue weighted by atomic mass is 32.2. The van der Waals surface area contributed by atoms with E-state index in [0.717, 1.165) is 4.31 Å². The molecule has 19 heavy (non-hydrogen) atoms. The van der Waals surface area contributed by atoms with Crippen molar-refractivity contribution >= 4 is 15.7 Å². The molecule has 0 atom stereocenters. The van der Waals surface area contributed by atoms with Crippen molar-refractivity contribution in [2.75, 3.05) is 20.2 Å². The maximum atomic E-state index is 12.2. The van der Waals surface area contributed by atoms with Crippen LogP contribution in [0.3, 0.4) is 0 Å². The summed E-state index contributed by atoms with van der Waals surface area (Å²) in [5.41, 5.74) is 0.852. The summed E-state index contributed by atoms with van der Waals surface area (Å²) in [7, 11) is -2.72. The zero-order valence-corrected chi connectivity index (χ0v) is 11.8. The molecule has 106 valence electrons. The second kappa shape index (κ2) is 5.64. The van der Waals surface area contributed by atoms with Gasteiger partial charge >= 0.3 is 0 Å². The summed E-state index contributed by atoms with van der Waals surface area (Å²) in [5.74, 6) is 0. The number of hydrogen-bond donors (Lipinski definition) is 1. The van der Waals surface area contributed by atoms with Gasteiger partial charge in [0.15, 0.2) is 4.90 Å². The van der Waals surface area contributed by atoms with Crippen LogP contribution in [0.15, 0.2) is 17.0 Å². The molecule has 1 aromatic rings. The fourth-order valence-electron chi connectivity index (χ4n) is 1.55. The van der Waals surface area contributed by atoms with Gasteiger partial charge in [0.25, 0.3) is 5.69 Å². The summed E-state index contributed by atoms with van der Waals surface area (Å²) in [6.07, 6.45) is 0. The normalized spacial score (nSPS) is 11.8. The second-order valence-corrected chi connectivity index (χ2v) is 6.22. The van der Waals surface area contributed by atoms with Gasteiger partial charge in [-0.1, -0.05) is 0 Å². The number of benzene rings is 1. The first-order valence-corrected chi connectivity index (χ1v) is 6.98. The van der Waals surface area contributed by atoms with Crippen LogP contribution in [0.5, 0.6) is 0 Å². The predicted molar refractivity (Wildman–Crippen MR) is 69.5 cm³/mol. The van der Waals surface area contributed by atoms with Gasteiger partial charge in [0.05, 0.1) is 11.5 Å². The molecule has 0 spiro atoms. The number of likely N-dealkylation sites (N-methyl/N-ethyl adjacent to an activating group) is 1. The molecular formula is C11H16N2O5S. The predicted octanol–water partition coefficient (Wildman–Crippen LogP) is 0.824. The zero-order chi connectivity index (χ0) is 14.8. The van der Waals surface area contributed by atoms with Crippen LogP contribution in [0.25, 0.3) is 0 Å². The quantitative estimate of drug-likeness (QED) is 0.638. The summed E-state index contributed by atoms with van der Waals surface area (Å²) >= 11 is 0. The Morgan fingerprint density at radius 2 is 1.84 bits per heavy atom. The van der Waals surface area contributed by atoms with E-state index in [2.05, 4.69) is 0 Å². The highest BCUT2D eigenvalue weighted by molar-refractivity contribution is 7.89. The van der Waals surface area contributed by atoms with Crippen LogP contribution in [0, 0.1) is 24.0 Å². The summed E-state index contributed by atoms with van der Waals surface area (Å²) < 4.78 is 25.3. The molecule has 0 unspecified atom stereocenters. The minimum absolute atomic E-state index is 0.119. The molecule has 0 aliphatic heterocycles. The third-order valence-electron chi connectivity index (χ3n) is 2.88. The number of nitrogens with zero attached hydrogens (tertiary/aromatic N) is 2. The summed E-state index contributed by atoms with van der Waals surface area (Å²) in [5, 5.41) is 19.8. The van der Waals surface area contributed by atoms with Crippen molar-refractivity contribution in [3.63, 3.8) is 0 Å². The van der Waals surface area contributed by atoms with Crippen LogP contribution >= 0.6 is 0 Å². The molecular weight excluding hydrogens is 272 g/mol. The van der Waals surface area contributed by atoms with Crippen LogP contribution in [0.2, 0.25) is 0 Å². The topological polar surface area (TPSA) is 101 Å². The Kier molecular flexibility index (Phi) is 4.61. The molecule has 1 N–H and O–H groups in total. The van der Waals surface area contributed by atoms with E-state index in [9.17, 15) is 18.5 Å². The first kappa shape index (κ1) is 15.5. The number of sulfonamides is 1. The summed E-state index contributed by atoms with van der Waals surface area (Å²) in [6.45, 7) is 2.89. The van der Waals surface area contributed by atoms with Gasteiger partial charge in [-0.05, 0) is 31.0 Å². The molecule has 0 radical (unpaired) electrons. The fraction of sp³-hybridized carbons (Fsp3) is 0.455. The summed E-state index contributed by atoms with van der Waals surface area (Å²) in [4.78, 5) is 9.92. The average Bonchev–Trinajstić information content (AvgIpc) is 2.31. The third-order valence-corrected chi connectivity index (χ3v) is 4.76. The molecule has 0 fully saturated rings. The average molecular weight is 288 g/mol. The second-order valence-electron chi connectivity index (χ2n) is 4.21. The van der Waals surface area contributed by atoms with Crippen molar-refractivity contribution < 1.29 is 18.4 Å². The zero-order valence-electron chi connectivity index (χ0n) is 11.0. The van der Waals surface area contributed by atoms with Crippen LogP contribution in [-0.4, -0.2) is 43.0 Å². The SMILES string of the molecule is Cc1cc([N+](=O)[O-])c(S(=O)(=O)N(C)CCO)cc1C. The van der Waals surface area contributed by atoms with E-state index < -0.39 is 20.6 Å². The largest absolute Gasteiger partial charge is 0.395 e. The molecule has 1 rings (SSSR count). The number of aryl methyl sites for hydroxylation is 2. The van der Waals surface area contributed by atoms with Gasteiger partial charge in [-0.15, -0.1) is 0 Å². The van der Waals surface area contributed by atoms with E-state index in [1.54, 1.807) is 13.8 Å². The Balaban J connectivity index is 3.49. The Morgan fingerprint density at radius 1 is 1.32 bits per heavy atom. The van der Waals surface area contributed by atoms with E-state index in [-0.39, 0.29) is 18.0 Å². The van der Waals surface area contributed by atoms with E-state index in [4.69, 9.17) is 5.11 Å². The Morgan fingerprint density at radius 3 is 2.32 bits per heavy atom. The highest BCUT2D eigenvalue weighted by Gasteiger charge is 2.29. The molecule has 7 nitrogen and oxygen atoms in total. The first-order chi connectivity index (χ1) is 8.71. The Labute approximate surface area is 111 Å². The highest BCUT2D eigenvalue weighted by Crippen LogP contribution is 2.29. The van der Waals surface area contributed by atoms with Gasteiger partial charge in [-0.25, -0.2) is 8.42 Å². The van der Waals surface area contributed by atoms with Gasteiger partial charge in [0.1, 0.15) is 0 Å². The third kappa shape index (κ3) is 3.09. The monoisotopic (exact) mass is 288 g/mol. The maximum absolute atomic E-state index is 12.2. The van der Waals surface area contributed by atoms with Crippen molar-refractivity contribution in [1.29, 1.82) is 0 Å². The molecule has 0 amide bonds. The van der Waals surface area contributed by atoms with Gasteiger partial charge in [0.2, 0.25) is 10.0 Å². The van der Waals surface area contributed by atoms with Gasteiger partial charge in [-0.2, -0.15) is 4.31 Å². The number of nitro benzene ring substituents is 1. The van der Waals surface area contributed by atoms with Crippen molar-refractivity contribution in [3.05, 3.63) is 33.4 Å². The number of aliphatic hydroxyl groups is 1.